The van der Waals surface area contributed by atoms with Gasteiger partial charge in [0.1, 0.15) is 0 Å². The third kappa shape index (κ3) is 3.73. The highest BCUT2D eigenvalue weighted by Gasteiger charge is 2.15. The minimum atomic E-state index is 0.514. The van der Waals surface area contributed by atoms with Crippen molar-refractivity contribution in [2.45, 2.75) is 13.8 Å². The van der Waals surface area contributed by atoms with Gasteiger partial charge in [0.05, 0.1) is 30.8 Å². The number of aromatic nitrogens is 3. The molecule has 128 valence electrons. The van der Waals surface area contributed by atoms with E-state index in [4.69, 9.17) is 4.74 Å². The number of hydrogen-bond acceptors (Lipinski definition) is 7. The molecule has 0 atom stereocenters. The van der Waals surface area contributed by atoms with E-state index in [0.29, 0.717) is 5.95 Å². The first-order valence-corrected chi connectivity index (χ1v) is 8.45. The summed E-state index contributed by atoms with van der Waals surface area (Å²) < 4.78 is 5.44. The third-order valence-electron chi connectivity index (χ3n) is 4.14. The quantitative estimate of drug-likeness (QED) is 0.872. The lowest BCUT2D eigenvalue weighted by Gasteiger charge is -2.30. The number of benzene rings is 1. The zero-order valence-electron chi connectivity index (χ0n) is 14.3. The highest BCUT2D eigenvalue weighted by molar-refractivity contribution is 5.73. The van der Waals surface area contributed by atoms with Gasteiger partial charge in [-0.1, -0.05) is 12.1 Å². The molecule has 0 saturated carbocycles. The Labute approximate surface area is 142 Å². The maximum atomic E-state index is 5.44. The van der Waals surface area contributed by atoms with Crippen molar-refractivity contribution in [2.24, 2.45) is 0 Å². The average molecular weight is 328 g/mol. The first kappa shape index (κ1) is 16.4. The van der Waals surface area contributed by atoms with Crippen LogP contribution in [0.15, 0.2) is 30.5 Å². The molecule has 1 saturated heterocycles. The maximum absolute atomic E-state index is 5.44. The van der Waals surface area contributed by atoms with Crippen molar-refractivity contribution < 1.29 is 4.74 Å². The van der Waals surface area contributed by atoms with Gasteiger partial charge in [-0.15, -0.1) is 5.10 Å². The van der Waals surface area contributed by atoms with E-state index in [-0.39, 0.29) is 0 Å². The molecule has 7 nitrogen and oxygen atoms in total. The summed E-state index contributed by atoms with van der Waals surface area (Å²) in [6, 6.07) is 8.20. The first-order valence-electron chi connectivity index (χ1n) is 8.45. The predicted molar refractivity (Wildman–Crippen MR) is 96.1 cm³/mol. The summed E-state index contributed by atoms with van der Waals surface area (Å²) in [6.45, 7) is 9.26. The molecule has 1 aromatic carbocycles. The second kappa shape index (κ2) is 7.92. The van der Waals surface area contributed by atoms with Gasteiger partial charge in [-0.25, -0.2) is 0 Å². The molecule has 24 heavy (non-hydrogen) atoms. The molecule has 0 radical (unpaired) electrons. The second-order valence-corrected chi connectivity index (χ2v) is 5.55. The van der Waals surface area contributed by atoms with Crippen LogP contribution < -0.4 is 15.1 Å². The largest absolute Gasteiger partial charge is 0.378 e. The number of para-hydroxylation sites is 2. The number of nitrogens with zero attached hydrogens (tertiary/aromatic N) is 5. The van der Waals surface area contributed by atoms with Crippen LogP contribution in [0.25, 0.3) is 0 Å². The normalized spacial score (nSPS) is 14.5. The molecule has 0 bridgehead atoms. The smallest absolute Gasteiger partial charge is 0.249 e. The van der Waals surface area contributed by atoms with E-state index in [0.717, 1.165) is 56.6 Å². The molecule has 1 N–H and O–H groups in total. The molecule has 0 unspecified atom stereocenters. The van der Waals surface area contributed by atoms with Gasteiger partial charge < -0.3 is 19.9 Å². The van der Waals surface area contributed by atoms with E-state index in [1.165, 1.54) is 0 Å². The fourth-order valence-corrected chi connectivity index (χ4v) is 2.83. The van der Waals surface area contributed by atoms with Crippen LogP contribution in [-0.2, 0) is 4.74 Å². The van der Waals surface area contributed by atoms with Crippen LogP contribution in [0.2, 0.25) is 0 Å². The van der Waals surface area contributed by atoms with Gasteiger partial charge in [0, 0.05) is 26.2 Å². The Hall–Kier alpha value is -2.41. The van der Waals surface area contributed by atoms with Crippen LogP contribution in [0.1, 0.15) is 13.8 Å². The van der Waals surface area contributed by atoms with Crippen LogP contribution in [0.3, 0.4) is 0 Å². The van der Waals surface area contributed by atoms with Gasteiger partial charge in [-0.05, 0) is 26.0 Å². The topological polar surface area (TPSA) is 66.4 Å². The molecule has 2 aromatic rings. The molecular weight excluding hydrogens is 304 g/mol. The third-order valence-corrected chi connectivity index (χ3v) is 4.14. The predicted octanol–water partition coefficient (Wildman–Crippen LogP) is 2.30. The number of rotatable bonds is 6. The monoisotopic (exact) mass is 328 g/mol. The van der Waals surface area contributed by atoms with Gasteiger partial charge in [0.25, 0.3) is 0 Å². The van der Waals surface area contributed by atoms with Gasteiger partial charge in [0.2, 0.25) is 5.95 Å². The molecule has 7 heteroatoms. The number of anilines is 4. The summed E-state index contributed by atoms with van der Waals surface area (Å²) in [7, 11) is 0. The van der Waals surface area contributed by atoms with E-state index in [9.17, 15) is 0 Å². The molecule has 1 fully saturated rings. The second-order valence-electron chi connectivity index (χ2n) is 5.55. The SMILES string of the molecule is CCN(CC)c1cnnc(Nc2ccccc2N2CCOCC2)n1. The molecule has 0 amide bonds. The summed E-state index contributed by atoms with van der Waals surface area (Å²) in [5.74, 6) is 1.35. The van der Waals surface area contributed by atoms with E-state index in [1.54, 1.807) is 6.20 Å². The van der Waals surface area contributed by atoms with Crippen molar-refractivity contribution in [3.63, 3.8) is 0 Å². The van der Waals surface area contributed by atoms with E-state index >= 15 is 0 Å². The molecule has 1 aliphatic rings. The molecule has 0 spiro atoms. The molecule has 1 aliphatic heterocycles. The van der Waals surface area contributed by atoms with Gasteiger partial charge >= 0.3 is 0 Å². The fourth-order valence-electron chi connectivity index (χ4n) is 2.83. The van der Waals surface area contributed by atoms with Crippen molar-refractivity contribution in [3.05, 3.63) is 30.5 Å². The fraction of sp³-hybridized carbons (Fsp3) is 0.471. The van der Waals surface area contributed by atoms with E-state index < -0.39 is 0 Å². The van der Waals surface area contributed by atoms with Crippen LogP contribution in [0.4, 0.5) is 23.1 Å². The van der Waals surface area contributed by atoms with Gasteiger partial charge in [-0.3, -0.25) is 0 Å². The lowest BCUT2D eigenvalue weighted by atomic mass is 10.2. The Bertz CT molecular complexity index is 655. The van der Waals surface area contributed by atoms with Crippen LogP contribution in [-0.4, -0.2) is 54.6 Å². The molecule has 1 aromatic heterocycles. The van der Waals surface area contributed by atoms with Crippen molar-refractivity contribution in [2.75, 3.05) is 54.5 Å². The Balaban J connectivity index is 1.82. The van der Waals surface area contributed by atoms with Crippen molar-refractivity contribution >= 4 is 23.1 Å². The Kier molecular flexibility index (Phi) is 5.43. The average Bonchev–Trinajstić information content (AvgIpc) is 2.64. The number of hydrogen-bond donors (Lipinski definition) is 1. The first-order chi connectivity index (χ1) is 11.8. The molecule has 2 heterocycles. The Morgan fingerprint density at radius 3 is 2.67 bits per heavy atom. The van der Waals surface area contributed by atoms with Crippen LogP contribution in [0.5, 0.6) is 0 Å². The van der Waals surface area contributed by atoms with E-state index in [1.807, 2.05) is 18.2 Å². The van der Waals surface area contributed by atoms with Gasteiger partial charge in [-0.2, -0.15) is 10.1 Å². The van der Waals surface area contributed by atoms with Crippen LogP contribution in [0, 0.1) is 0 Å². The Morgan fingerprint density at radius 1 is 1.17 bits per heavy atom. The number of nitrogens with one attached hydrogen (secondary N) is 1. The standard InChI is InChI=1S/C17H24N6O/c1-3-22(4-2)16-13-18-21-17(20-16)19-14-7-5-6-8-15(14)23-9-11-24-12-10-23/h5-8,13H,3-4,9-12H2,1-2H3,(H,19,20,21). The highest BCUT2D eigenvalue weighted by Crippen LogP contribution is 2.28. The summed E-state index contributed by atoms with van der Waals surface area (Å²) in [5.41, 5.74) is 2.12. The van der Waals surface area contributed by atoms with Crippen molar-refractivity contribution in [1.82, 2.24) is 15.2 Å². The van der Waals surface area contributed by atoms with Gasteiger partial charge in [0.15, 0.2) is 5.82 Å². The summed E-state index contributed by atoms with van der Waals surface area (Å²) in [4.78, 5) is 9.05. The summed E-state index contributed by atoms with van der Waals surface area (Å²) in [6.07, 6.45) is 1.70. The maximum Gasteiger partial charge on any atom is 0.249 e. The number of morpholine rings is 1. The number of ether oxygens (including phenoxy) is 1. The molecule has 3 rings (SSSR count). The minimum absolute atomic E-state index is 0.514. The van der Waals surface area contributed by atoms with Crippen LogP contribution >= 0.6 is 0 Å². The minimum Gasteiger partial charge on any atom is -0.378 e. The van der Waals surface area contributed by atoms with Crippen molar-refractivity contribution in [3.8, 4) is 0 Å². The zero-order chi connectivity index (χ0) is 16.8. The molecule has 0 aliphatic carbocycles. The Morgan fingerprint density at radius 2 is 1.92 bits per heavy atom. The highest BCUT2D eigenvalue weighted by atomic mass is 16.5. The van der Waals surface area contributed by atoms with Crippen molar-refractivity contribution in [1.29, 1.82) is 0 Å². The molecular formula is C17H24N6O. The zero-order valence-corrected chi connectivity index (χ0v) is 14.3. The lowest BCUT2D eigenvalue weighted by Crippen LogP contribution is -2.36. The summed E-state index contributed by atoms with van der Waals surface area (Å²) >= 11 is 0. The summed E-state index contributed by atoms with van der Waals surface area (Å²) in [5, 5.41) is 11.5. The lowest BCUT2D eigenvalue weighted by molar-refractivity contribution is 0.123. The van der Waals surface area contributed by atoms with E-state index in [2.05, 4.69) is 50.2 Å².